The van der Waals surface area contributed by atoms with Gasteiger partial charge in [-0.2, -0.15) is 0 Å². The molecule has 290 valence electrons. The van der Waals surface area contributed by atoms with Crippen LogP contribution in [0.25, 0.3) is 11.1 Å². The lowest BCUT2D eigenvalue weighted by Gasteiger charge is -2.40. The Labute approximate surface area is 326 Å². The molecule has 0 aliphatic heterocycles. The Hall–Kier alpha value is -5.50. The van der Waals surface area contributed by atoms with Crippen molar-refractivity contribution < 1.29 is 38.0 Å². The van der Waals surface area contributed by atoms with Gasteiger partial charge in [-0.15, -0.1) is 0 Å². The molecule has 0 spiro atoms. The summed E-state index contributed by atoms with van der Waals surface area (Å²) in [6, 6.07) is 16.2. The summed E-state index contributed by atoms with van der Waals surface area (Å²) in [4.78, 5) is 27.2. The Kier molecular flexibility index (Phi) is 13.1. The SMILES string of the molecule is C=CC(=O)Oc1c(OCCC)c(C)c(C)c(OCCC)c1C1(c2c(OCCC)c(C)c(C)c(OCCC)c2OC(=O)C=C)c2ccccc2-c2ccccc21. The van der Waals surface area contributed by atoms with E-state index in [9.17, 15) is 9.59 Å². The lowest BCUT2D eigenvalue weighted by molar-refractivity contribution is -0.130. The van der Waals surface area contributed by atoms with Gasteiger partial charge in [-0.3, -0.25) is 0 Å². The van der Waals surface area contributed by atoms with Crippen molar-refractivity contribution in [1.29, 1.82) is 0 Å². The Morgan fingerprint density at radius 1 is 0.509 bits per heavy atom. The van der Waals surface area contributed by atoms with Gasteiger partial charge in [0.1, 0.15) is 11.5 Å². The molecular weight excluding hydrogens is 693 g/mol. The number of hydrogen-bond donors (Lipinski definition) is 0. The minimum absolute atomic E-state index is 0.177. The molecule has 0 N–H and O–H groups in total. The Morgan fingerprint density at radius 2 is 0.818 bits per heavy atom. The molecule has 0 radical (unpaired) electrons. The highest BCUT2D eigenvalue weighted by molar-refractivity contribution is 5.94. The van der Waals surface area contributed by atoms with Crippen molar-refractivity contribution in [2.24, 2.45) is 0 Å². The fraction of sp³-hybridized carbons (Fsp3) is 0.362. The molecule has 8 nitrogen and oxygen atoms in total. The highest BCUT2D eigenvalue weighted by Gasteiger charge is 2.55. The average molecular weight is 747 g/mol. The molecule has 0 saturated carbocycles. The van der Waals surface area contributed by atoms with Crippen molar-refractivity contribution in [3.8, 4) is 45.6 Å². The molecular formula is C47H54O8. The van der Waals surface area contributed by atoms with E-state index in [0.717, 1.165) is 56.7 Å². The number of ether oxygens (including phenoxy) is 6. The fourth-order valence-electron chi connectivity index (χ4n) is 7.41. The normalized spacial score (nSPS) is 12.3. The van der Waals surface area contributed by atoms with Crippen LogP contribution >= 0.6 is 0 Å². The molecule has 55 heavy (non-hydrogen) atoms. The molecule has 1 aliphatic carbocycles. The minimum Gasteiger partial charge on any atom is -0.493 e. The summed E-state index contributed by atoms with van der Waals surface area (Å²) in [5.41, 5.74) is 6.27. The molecule has 0 heterocycles. The second kappa shape index (κ2) is 17.8. The highest BCUT2D eigenvalue weighted by Crippen LogP contribution is 2.66. The van der Waals surface area contributed by atoms with Crippen LogP contribution in [0.2, 0.25) is 0 Å². The predicted molar refractivity (Wildman–Crippen MR) is 218 cm³/mol. The van der Waals surface area contributed by atoms with Crippen LogP contribution in [0.1, 0.15) is 97.9 Å². The number of hydrogen-bond acceptors (Lipinski definition) is 8. The Bertz CT molecular complexity index is 1940. The topological polar surface area (TPSA) is 89.5 Å². The zero-order valence-electron chi connectivity index (χ0n) is 33.6. The van der Waals surface area contributed by atoms with E-state index in [2.05, 4.69) is 37.4 Å². The first-order valence-electron chi connectivity index (χ1n) is 19.3. The highest BCUT2D eigenvalue weighted by atomic mass is 16.6. The van der Waals surface area contributed by atoms with Gasteiger partial charge in [-0.05, 0) is 86.8 Å². The molecule has 0 unspecified atom stereocenters. The van der Waals surface area contributed by atoms with Crippen molar-refractivity contribution in [3.63, 3.8) is 0 Å². The van der Waals surface area contributed by atoms with Gasteiger partial charge in [-0.1, -0.05) is 89.4 Å². The van der Waals surface area contributed by atoms with Gasteiger partial charge in [-0.25, -0.2) is 9.59 Å². The second-order valence-corrected chi connectivity index (χ2v) is 13.7. The molecule has 4 aromatic carbocycles. The van der Waals surface area contributed by atoms with Crippen molar-refractivity contribution in [3.05, 3.63) is 118 Å². The van der Waals surface area contributed by atoms with E-state index in [1.54, 1.807) is 0 Å². The van der Waals surface area contributed by atoms with E-state index in [4.69, 9.17) is 28.4 Å². The van der Waals surface area contributed by atoms with Gasteiger partial charge >= 0.3 is 11.9 Å². The van der Waals surface area contributed by atoms with Gasteiger partial charge in [0, 0.05) is 23.3 Å². The van der Waals surface area contributed by atoms with E-state index >= 15 is 0 Å². The third-order valence-electron chi connectivity index (χ3n) is 10.1. The van der Waals surface area contributed by atoms with Crippen LogP contribution in [0.15, 0.2) is 73.8 Å². The van der Waals surface area contributed by atoms with E-state index in [0.29, 0.717) is 86.2 Å². The third-order valence-corrected chi connectivity index (χ3v) is 10.1. The van der Waals surface area contributed by atoms with E-state index in [1.807, 2.05) is 79.7 Å². The smallest absolute Gasteiger partial charge is 0.335 e. The monoisotopic (exact) mass is 746 g/mol. The molecule has 1 aliphatic rings. The zero-order valence-corrected chi connectivity index (χ0v) is 33.6. The Morgan fingerprint density at radius 3 is 1.15 bits per heavy atom. The van der Waals surface area contributed by atoms with Gasteiger partial charge < -0.3 is 28.4 Å². The van der Waals surface area contributed by atoms with Crippen molar-refractivity contribution in [2.75, 3.05) is 26.4 Å². The molecule has 0 saturated heterocycles. The fourth-order valence-corrected chi connectivity index (χ4v) is 7.41. The van der Waals surface area contributed by atoms with Gasteiger partial charge in [0.25, 0.3) is 0 Å². The third kappa shape index (κ3) is 7.22. The summed E-state index contributed by atoms with van der Waals surface area (Å²) in [6.45, 7) is 24.9. The van der Waals surface area contributed by atoms with Gasteiger partial charge in [0.2, 0.25) is 0 Å². The van der Waals surface area contributed by atoms with Crippen LogP contribution in [-0.4, -0.2) is 38.4 Å². The van der Waals surface area contributed by atoms with Crippen molar-refractivity contribution in [2.45, 2.75) is 86.5 Å². The minimum atomic E-state index is -1.42. The molecule has 0 amide bonds. The molecule has 5 rings (SSSR count). The summed E-state index contributed by atoms with van der Waals surface area (Å²) in [5.74, 6) is 0.843. The maximum absolute atomic E-state index is 13.6. The molecule has 0 atom stereocenters. The number of benzene rings is 4. The summed E-state index contributed by atoms with van der Waals surface area (Å²) in [7, 11) is 0. The first-order chi connectivity index (χ1) is 26.6. The van der Waals surface area contributed by atoms with Crippen LogP contribution in [-0.2, 0) is 15.0 Å². The molecule has 8 heteroatoms. The van der Waals surface area contributed by atoms with Gasteiger partial charge in [0.05, 0.1) is 43.0 Å². The van der Waals surface area contributed by atoms with Crippen LogP contribution in [0.3, 0.4) is 0 Å². The van der Waals surface area contributed by atoms with Crippen LogP contribution in [0.4, 0.5) is 0 Å². The van der Waals surface area contributed by atoms with Crippen molar-refractivity contribution in [1.82, 2.24) is 0 Å². The number of fused-ring (bicyclic) bond motifs is 3. The predicted octanol–water partition coefficient (Wildman–Crippen LogP) is 10.6. The van der Waals surface area contributed by atoms with Crippen LogP contribution < -0.4 is 28.4 Å². The van der Waals surface area contributed by atoms with Crippen LogP contribution in [0, 0.1) is 27.7 Å². The largest absolute Gasteiger partial charge is 0.493 e. The van der Waals surface area contributed by atoms with E-state index < -0.39 is 17.4 Å². The summed E-state index contributed by atoms with van der Waals surface area (Å²) in [6.07, 6.45) is 5.11. The number of rotatable bonds is 18. The molecule has 4 aromatic rings. The summed E-state index contributed by atoms with van der Waals surface area (Å²) >= 11 is 0. The standard InChI is InChI=1S/C47H54O8/c1-11-25-50-41-29(7)31(9)43(52-27-13-3)45(54-37(48)15-5)39(41)47(35-23-19-17-21-33(35)34-22-18-20-24-36(34)47)40-42(51-26-12-2)30(8)32(10)44(53-28-14-4)46(40)55-38(49)16-6/h15-24H,5-6,11-14,25-28H2,1-4,7-10H3. The summed E-state index contributed by atoms with van der Waals surface area (Å²) in [5, 5.41) is 0. The van der Waals surface area contributed by atoms with Crippen LogP contribution in [0.5, 0.6) is 34.5 Å². The first kappa shape index (κ1) is 40.7. The number of carbonyl (C=O) groups excluding carboxylic acids is 2. The first-order valence-corrected chi connectivity index (χ1v) is 19.3. The van der Waals surface area contributed by atoms with Crippen molar-refractivity contribution >= 4 is 11.9 Å². The summed E-state index contributed by atoms with van der Waals surface area (Å²) < 4.78 is 39.7. The maximum Gasteiger partial charge on any atom is 0.335 e. The maximum atomic E-state index is 13.6. The quantitative estimate of drug-likeness (QED) is 0.0497. The lowest BCUT2D eigenvalue weighted by Crippen LogP contribution is -2.33. The second-order valence-electron chi connectivity index (χ2n) is 13.7. The lowest BCUT2D eigenvalue weighted by atomic mass is 9.65. The van der Waals surface area contributed by atoms with E-state index in [-0.39, 0.29) is 11.5 Å². The molecule has 0 fully saturated rings. The number of esters is 2. The molecule has 0 bridgehead atoms. The zero-order chi connectivity index (χ0) is 39.9. The average Bonchev–Trinajstić information content (AvgIpc) is 3.49. The molecule has 0 aromatic heterocycles. The number of carbonyl (C=O) groups is 2. The Balaban J connectivity index is 2.23. The van der Waals surface area contributed by atoms with Gasteiger partial charge in [0.15, 0.2) is 23.0 Å². The van der Waals surface area contributed by atoms with E-state index in [1.165, 1.54) is 0 Å².